The molecular weight excluding hydrogens is 1600 g/mol. The molecule has 0 bridgehead atoms. The summed E-state index contributed by atoms with van der Waals surface area (Å²) in [6.45, 7) is 74.5. The molecule has 0 saturated heterocycles. The molecule has 0 amide bonds. The van der Waals surface area contributed by atoms with E-state index < -0.39 is 0 Å². The summed E-state index contributed by atoms with van der Waals surface area (Å²) in [6.07, 6.45) is 28.2. The van der Waals surface area contributed by atoms with E-state index in [0.717, 1.165) is 35.6 Å². The van der Waals surface area contributed by atoms with Crippen molar-refractivity contribution in [1.29, 1.82) is 0 Å². The number of methoxy groups -OCH3 is 1. The highest BCUT2D eigenvalue weighted by Gasteiger charge is 2.34. The molecule has 0 unspecified atom stereocenters. The fourth-order valence-corrected chi connectivity index (χ4v) is 19.5. The van der Waals surface area contributed by atoms with Crippen molar-refractivity contribution < 1.29 is 23.5 Å². The quantitative estimate of drug-likeness (QED) is 0.0377. The lowest BCUT2D eigenvalue weighted by atomic mass is 9.86. The fraction of sp³-hybridized carbons (Fsp3) is 0.508. The van der Waals surface area contributed by atoms with Gasteiger partial charge in [0, 0.05) is 79.9 Å². The van der Waals surface area contributed by atoms with Crippen LogP contribution < -0.4 is 23.5 Å². The molecule has 4 aromatic heterocycles. The summed E-state index contributed by atoms with van der Waals surface area (Å²) in [5.74, 6) is 7.59. The summed E-state index contributed by atoms with van der Waals surface area (Å²) >= 11 is 0. The van der Waals surface area contributed by atoms with Crippen LogP contribution in [0.5, 0.6) is 5.88 Å². The molecule has 1 fully saturated rings. The molecule has 131 heavy (non-hydrogen) atoms. The van der Waals surface area contributed by atoms with Gasteiger partial charge in [0.25, 0.3) is 5.88 Å². The van der Waals surface area contributed by atoms with Gasteiger partial charge in [0.15, 0.2) is 22.7 Å². The van der Waals surface area contributed by atoms with Crippen LogP contribution in [0.15, 0.2) is 152 Å². The van der Waals surface area contributed by atoms with Crippen LogP contribution in [-0.4, -0.2) is 46.7 Å². The van der Waals surface area contributed by atoms with Gasteiger partial charge in [-0.15, -0.1) is 20.1 Å². The number of ether oxygens (including phenoxy) is 1. The van der Waals surface area contributed by atoms with Gasteiger partial charge in [0.05, 0.1) is 63.1 Å². The third-order valence-corrected chi connectivity index (χ3v) is 26.8. The summed E-state index contributed by atoms with van der Waals surface area (Å²) in [5.41, 5.74) is 35.4. The Balaban J connectivity index is 0.000000169. The van der Waals surface area contributed by atoms with Crippen LogP contribution in [0.4, 0.5) is 0 Å². The van der Waals surface area contributed by atoms with Crippen LogP contribution in [0.2, 0.25) is 0 Å². The zero-order chi connectivity index (χ0) is 95.6. The van der Waals surface area contributed by atoms with Crippen LogP contribution in [-0.2, 0) is 0 Å². The number of rotatable bonds is 27. The van der Waals surface area contributed by atoms with E-state index in [1.54, 1.807) is 7.11 Å². The lowest BCUT2D eigenvalue weighted by Gasteiger charge is -2.23. The summed E-state index contributed by atoms with van der Waals surface area (Å²) in [4.78, 5) is 0. The molecular formula is C118H162N12O. The van der Waals surface area contributed by atoms with Crippen molar-refractivity contribution in [2.75, 3.05) is 7.11 Å². The standard InChI is InChI=1S/C32H45N3.C32H43N3.C27H37N3O.C27H37N3/c2*1-21(2)26-16-12-17-27(22(3)4)31(26)34-20-30(25-14-10-9-11-15-25)35(33-34)32-28(23(5)6)18-13-19-29(32)24(7)8;1-17(2)21-12-10-13-22(18(3)4)26(21)29-16-25(31-9)30(28-29)27-23(19(5)6)14-11-15-24(27)20(7)8;1-17(2)22-12-10-13-23(18(3)4)26(22)29-16-21(9)30(28-29)27-24(19(5)6)14-11-15-25(27)20(7)8/h12-13,16-19,21-25H,9-11,14-15H2,1-8H3;12-14,16-19,21-24H,9-11,15H2,1-8H3;10-15,17-20H,1-9H3;10-15,17-20H,1-9H3. The minimum absolute atomic E-state index is 0.366. The number of aryl methyl sites for hydroxylation is 1. The molecule has 13 nitrogen and oxygen atoms in total. The fourth-order valence-electron chi connectivity index (χ4n) is 19.5. The Morgan fingerprint density at radius 1 is 0.275 bits per heavy atom. The lowest BCUT2D eigenvalue weighted by molar-refractivity contribution is -0.666. The highest BCUT2D eigenvalue weighted by molar-refractivity contribution is 5.66. The number of allylic oxidation sites excluding steroid dienone is 2. The third-order valence-electron chi connectivity index (χ3n) is 26.8. The molecule has 0 atom stereocenters. The first-order valence-electron chi connectivity index (χ1n) is 50.2. The Morgan fingerprint density at radius 2 is 0.519 bits per heavy atom. The maximum absolute atomic E-state index is 5.80. The molecule has 0 N–H and O–H groups in total. The first-order chi connectivity index (χ1) is 62.2. The molecule has 12 aromatic rings. The molecule has 0 radical (unpaired) electrons. The Kier molecular flexibility index (Phi) is 34.5. The van der Waals surface area contributed by atoms with Crippen LogP contribution >= 0.6 is 0 Å². The maximum Gasteiger partial charge on any atom is 0.259 e. The zero-order valence-corrected chi connectivity index (χ0v) is 86.9. The second kappa shape index (κ2) is 44.6. The number of para-hydroxylation sites is 8. The normalized spacial score (nSPS) is 13.5. The number of aromatic nitrogens is 12. The van der Waals surface area contributed by atoms with Gasteiger partial charge in [-0.1, -0.05) is 460 Å². The van der Waals surface area contributed by atoms with Crippen LogP contribution in [0.25, 0.3) is 51.1 Å². The van der Waals surface area contributed by atoms with E-state index in [-0.39, 0.29) is 0 Å². The van der Waals surface area contributed by atoms with E-state index in [0.29, 0.717) is 106 Å². The monoisotopic (exact) mass is 1760 g/mol. The Morgan fingerprint density at radius 3 is 0.809 bits per heavy atom. The molecule has 0 spiro atoms. The highest BCUT2D eigenvalue weighted by atomic mass is 16.5. The zero-order valence-electron chi connectivity index (χ0n) is 86.9. The molecule has 0 aliphatic heterocycles. The van der Waals surface area contributed by atoms with Gasteiger partial charge < -0.3 is 4.74 Å². The topological polar surface area (TPSA) is 96.0 Å². The minimum atomic E-state index is 0.366. The van der Waals surface area contributed by atoms with Gasteiger partial charge >= 0.3 is 0 Å². The van der Waals surface area contributed by atoms with E-state index in [2.05, 4.69) is 428 Å². The molecule has 700 valence electrons. The highest BCUT2D eigenvalue weighted by Crippen LogP contribution is 2.43. The smallest absolute Gasteiger partial charge is 0.259 e. The Bertz CT molecular complexity index is 5630. The first-order valence-corrected chi connectivity index (χ1v) is 50.2. The predicted molar refractivity (Wildman–Crippen MR) is 545 cm³/mol. The summed E-state index contributed by atoms with van der Waals surface area (Å²) in [7, 11) is 1.69. The number of benzene rings is 8. The molecule has 2 aliphatic rings. The van der Waals surface area contributed by atoms with Crippen molar-refractivity contribution in [2.24, 2.45) is 0 Å². The van der Waals surface area contributed by atoms with Crippen molar-refractivity contribution in [3.63, 3.8) is 0 Å². The molecule has 2 aliphatic carbocycles. The van der Waals surface area contributed by atoms with Crippen molar-refractivity contribution in [3.05, 3.63) is 283 Å². The van der Waals surface area contributed by atoms with Crippen molar-refractivity contribution in [1.82, 2.24) is 39.6 Å². The van der Waals surface area contributed by atoms with E-state index in [1.165, 1.54) is 179 Å². The van der Waals surface area contributed by atoms with E-state index in [1.807, 2.05) is 14.0 Å². The van der Waals surface area contributed by atoms with Gasteiger partial charge in [-0.3, -0.25) is 14.0 Å². The molecule has 4 heterocycles. The Hall–Kier alpha value is -10.1. The molecule has 14 rings (SSSR count). The van der Waals surface area contributed by atoms with Crippen molar-refractivity contribution in [2.45, 2.75) is 387 Å². The molecule has 13 heteroatoms. The summed E-state index contributed by atoms with van der Waals surface area (Å²) < 4.78 is 22.4. The predicted octanol–water partition coefficient (Wildman–Crippen LogP) is 30.1. The van der Waals surface area contributed by atoms with Crippen molar-refractivity contribution >= 4 is 5.57 Å². The average molecular weight is 1760 g/mol. The average Bonchev–Trinajstić information content (AvgIpc) is 1.71. The molecule has 8 aromatic carbocycles. The van der Waals surface area contributed by atoms with E-state index in [9.17, 15) is 0 Å². The van der Waals surface area contributed by atoms with Gasteiger partial charge in [-0.2, -0.15) is 0 Å². The van der Waals surface area contributed by atoms with Crippen LogP contribution in [0.3, 0.4) is 0 Å². The van der Waals surface area contributed by atoms with Gasteiger partial charge in [-0.25, -0.2) is 4.68 Å². The SMILES string of the molecule is CC(C)c1cccc(C(C)C)c1-n1n[n+](-c2c(C(C)C)cccc2C(C)C)[c-]c1C1=CCCCC1.CC(C)c1cccc(C(C)C)c1-n1n[n+](-c2c(C(C)C)cccc2C(C)C)[c-]c1C1CCCCC1.COc1[c-][n+](-c2c(C(C)C)cccc2C(C)C)nn1-c1c(C(C)C)cccc1C(C)C.Cc1[c-][n+](-c2c(C(C)C)cccc2C(C)C)nn1-c1c(C(C)C)cccc1C(C)C. The number of hydrogen-bond acceptors (Lipinski definition) is 5. The number of hydrogen-bond donors (Lipinski definition) is 0. The van der Waals surface area contributed by atoms with Crippen LogP contribution in [0.1, 0.15) is 486 Å². The number of nitrogens with zero attached hydrogens (tertiary/aromatic N) is 12. The minimum Gasteiger partial charge on any atom is -0.476 e. The maximum atomic E-state index is 5.80. The molecule has 1 saturated carbocycles. The van der Waals surface area contributed by atoms with Gasteiger partial charge in [0.1, 0.15) is 0 Å². The third kappa shape index (κ3) is 22.5. The second-order valence-electron chi connectivity index (χ2n) is 42.2. The summed E-state index contributed by atoms with van der Waals surface area (Å²) in [6, 6.07) is 53.4. The summed E-state index contributed by atoms with van der Waals surface area (Å²) in [5, 5.41) is 20.9. The van der Waals surface area contributed by atoms with E-state index >= 15 is 0 Å². The first kappa shape index (κ1) is 101. The van der Waals surface area contributed by atoms with Crippen molar-refractivity contribution in [3.8, 4) is 51.4 Å². The van der Waals surface area contributed by atoms with Crippen LogP contribution in [0, 0.1) is 31.7 Å². The van der Waals surface area contributed by atoms with E-state index in [4.69, 9.17) is 25.6 Å². The second-order valence-corrected chi connectivity index (χ2v) is 42.2. The van der Waals surface area contributed by atoms with Gasteiger partial charge in [0.2, 0.25) is 0 Å². The Labute approximate surface area is 791 Å². The largest absolute Gasteiger partial charge is 0.476 e. The van der Waals surface area contributed by atoms with Gasteiger partial charge in [-0.05, 0) is 121 Å². The lowest BCUT2D eigenvalue weighted by Crippen LogP contribution is -2.37.